The van der Waals surface area contributed by atoms with Gasteiger partial charge in [-0.15, -0.1) is 0 Å². The van der Waals surface area contributed by atoms with Crippen molar-refractivity contribution in [1.82, 2.24) is 25.0 Å². The van der Waals surface area contributed by atoms with Crippen LogP contribution < -0.4 is 5.32 Å². The average Bonchev–Trinajstić information content (AvgIpc) is 2.75. The van der Waals surface area contributed by atoms with Crippen LogP contribution in [0.5, 0.6) is 0 Å². The lowest BCUT2D eigenvalue weighted by atomic mass is 10.1. The van der Waals surface area contributed by atoms with E-state index in [0.717, 1.165) is 12.2 Å². The minimum Gasteiger partial charge on any atom is -0.344 e. The molecule has 0 saturated carbocycles. The molecule has 1 aromatic rings. The molecule has 20 heavy (non-hydrogen) atoms. The highest BCUT2D eigenvalue weighted by Gasteiger charge is 2.33. The molecular formula is C13H21N5O2. The number of hydrogen-bond donors (Lipinski definition) is 1. The largest absolute Gasteiger partial charge is 0.344 e. The van der Waals surface area contributed by atoms with Gasteiger partial charge in [-0.2, -0.15) is 5.10 Å². The first kappa shape index (κ1) is 14.5. The van der Waals surface area contributed by atoms with Crippen molar-refractivity contribution < 1.29 is 9.59 Å². The van der Waals surface area contributed by atoms with Crippen molar-refractivity contribution in [2.24, 2.45) is 7.05 Å². The number of hydrogen-bond acceptors (Lipinski definition) is 4. The first-order valence-corrected chi connectivity index (χ1v) is 6.95. The monoisotopic (exact) mass is 279 g/mol. The first-order valence-electron chi connectivity index (χ1n) is 6.95. The summed E-state index contributed by atoms with van der Waals surface area (Å²) in [6, 6.07) is -0.563. The molecular weight excluding hydrogens is 258 g/mol. The smallest absolute Gasteiger partial charge is 0.245 e. The molecule has 110 valence electrons. The van der Waals surface area contributed by atoms with Crippen LogP contribution in [0, 0.1) is 0 Å². The third kappa shape index (κ3) is 2.97. The molecule has 1 N–H and O–H groups in total. The van der Waals surface area contributed by atoms with Gasteiger partial charge in [0.2, 0.25) is 11.8 Å². The molecule has 1 aliphatic heterocycles. The topological polar surface area (TPSA) is 80.1 Å². The molecule has 1 saturated heterocycles. The highest BCUT2D eigenvalue weighted by atomic mass is 16.2. The van der Waals surface area contributed by atoms with E-state index < -0.39 is 6.04 Å². The van der Waals surface area contributed by atoms with E-state index in [0.29, 0.717) is 19.4 Å². The Hall–Kier alpha value is -1.92. The second kappa shape index (κ2) is 6.02. The molecule has 0 spiro atoms. The molecule has 0 radical (unpaired) electrons. The van der Waals surface area contributed by atoms with Crippen molar-refractivity contribution >= 4 is 11.8 Å². The van der Waals surface area contributed by atoms with Gasteiger partial charge >= 0.3 is 0 Å². The Labute approximate surface area is 118 Å². The molecule has 1 aromatic heterocycles. The number of rotatable bonds is 4. The van der Waals surface area contributed by atoms with Gasteiger partial charge in [0.05, 0.1) is 6.54 Å². The molecule has 2 amide bonds. The Kier molecular flexibility index (Phi) is 4.36. The predicted molar refractivity (Wildman–Crippen MR) is 72.5 cm³/mol. The van der Waals surface area contributed by atoms with E-state index in [2.05, 4.69) is 15.4 Å². The summed E-state index contributed by atoms with van der Waals surface area (Å²) in [6.07, 6.45) is 3.30. The zero-order chi connectivity index (χ0) is 14.7. The molecule has 1 fully saturated rings. The van der Waals surface area contributed by atoms with Crippen molar-refractivity contribution in [3.05, 3.63) is 12.2 Å². The maximum atomic E-state index is 12.6. The van der Waals surface area contributed by atoms with Crippen LogP contribution in [0.1, 0.15) is 38.9 Å². The fraction of sp³-hybridized carbons (Fsp3) is 0.692. The zero-order valence-corrected chi connectivity index (χ0v) is 12.2. The molecule has 0 aromatic carbocycles. The fourth-order valence-electron chi connectivity index (χ4n) is 2.44. The quantitative estimate of drug-likeness (QED) is 0.855. The number of amides is 2. The third-order valence-electron chi connectivity index (χ3n) is 3.62. The maximum absolute atomic E-state index is 12.6. The predicted octanol–water partition coefficient (Wildman–Crippen LogP) is 0.221. The third-order valence-corrected chi connectivity index (χ3v) is 3.62. The Balaban J connectivity index is 2.21. The molecule has 0 aliphatic carbocycles. The van der Waals surface area contributed by atoms with Crippen molar-refractivity contribution in [2.75, 3.05) is 0 Å². The Bertz CT molecular complexity index is 499. The summed E-state index contributed by atoms with van der Waals surface area (Å²) >= 11 is 0. The summed E-state index contributed by atoms with van der Waals surface area (Å²) in [4.78, 5) is 30.3. The van der Waals surface area contributed by atoms with Gasteiger partial charge in [-0.3, -0.25) is 14.3 Å². The van der Waals surface area contributed by atoms with Gasteiger partial charge in [0, 0.05) is 19.5 Å². The van der Waals surface area contributed by atoms with Crippen LogP contribution in [0.4, 0.5) is 0 Å². The van der Waals surface area contributed by atoms with Gasteiger partial charge in [0.1, 0.15) is 18.2 Å². The standard InChI is InChI=1S/C13H21N5O2/c1-4-5-10-13(20)18(9(2)6-12(19)16-10)7-11-14-8-15-17(11)3/h8-10H,4-7H2,1-3H3,(H,16,19). The first-order chi connectivity index (χ1) is 9.52. The van der Waals surface area contributed by atoms with E-state index in [-0.39, 0.29) is 17.9 Å². The van der Waals surface area contributed by atoms with E-state index in [9.17, 15) is 9.59 Å². The van der Waals surface area contributed by atoms with Crippen LogP contribution >= 0.6 is 0 Å². The summed E-state index contributed by atoms with van der Waals surface area (Å²) in [7, 11) is 1.79. The Morgan fingerprint density at radius 3 is 2.80 bits per heavy atom. The van der Waals surface area contributed by atoms with Crippen molar-refractivity contribution in [1.29, 1.82) is 0 Å². The van der Waals surface area contributed by atoms with Gasteiger partial charge < -0.3 is 10.2 Å². The lowest BCUT2D eigenvalue weighted by Gasteiger charge is -2.28. The van der Waals surface area contributed by atoms with Gasteiger partial charge in [0.15, 0.2) is 0 Å². The van der Waals surface area contributed by atoms with Crippen LogP contribution in [-0.2, 0) is 23.2 Å². The molecule has 1 aliphatic rings. The molecule has 7 heteroatoms. The summed E-state index contributed by atoms with van der Waals surface area (Å²) < 4.78 is 1.65. The van der Waals surface area contributed by atoms with Crippen LogP contribution in [0.3, 0.4) is 0 Å². The van der Waals surface area contributed by atoms with Crippen molar-refractivity contribution in [3.8, 4) is 0 Å². The SMILES string of the molecule is CCCC1NC(=O)CC(C)N(Cc2ncnn2C)C1=O. The zero-order valence-electron chi connectivity index (χ0n) is 12.2. The van der Waals surface area contributed by atoms with E-state index in [1.807, 2.05) is 13.8 Å². The number of nitrogens with one attached hydrogen (secondary N) is 1. The highest BCUT2D eigenvalue weighted by molar-refractivity contribution is 5.90. The number of carbonyl (C=O) groups is 2. The van der Waals surface area contributed by atoms with Crippen LogP contribution in [0.25, 0.3) is 0 Å². The van der Waals surface area contributed by atoms with Crippen molar-refractivity contribution in [3.63, 3.8) is 0 Å². The van der Waals surface area contributed by atoms with E-state index in [4.69, 9.17) is 0 Å². The van der Waals surface area contributed by atoms with Crippen molar-refractivity contribution in [2.45, 2.75) is 51.7 Å². The van der Waals surface area contributed by atoms with Crippen LogP contribution in [0.2, 0.25) is 0 Å². The van der Waals surface area contributed by atoms with Crippen LogP contribution in [-0.4, -0.2) is 43.6 Å². The second-order valence-electron chi connectivity index (χ2n) is 5.23. The molecule has 2 atom stereocenters. The minimum atomic E-state index is -0.425. The normalized spacial score (nSPS) is 23.6. The van der Waals surface area contributed by atoms with Gasteiger partial charge in [-0.1, -0.05) is 13.3 Å². The number of carbonyl (C=O) groups excluding carboxylic acids is 2. The Morgan fingerprint density at radius 2 is 2.20 bits per heavy atom. The van der Waals surface area contributed by atoms with Crippen LogP contribution in [0.15, 0.2) is 6.33 Å². The summed E-state index contributed by atoms with van der Waals surface area (Å²) in [5, 5.41) is 6.82. The Morgan fingerprint density at radius 1 is 1.45 bits per heavy atom. The lowest BCUT2D eigenvalue weighted by Crippen LogP contribution is -2.46. The fourth-order valence-corrected chi connectivity index (χ4v) is 2.44. The average molecular weight is 279 g/mol. The molecule has 0 bridgehead atoms. The minimum absolute atomic E-state index is 0.0341. The van der Waals surface area contributed by atoms with Gasteiger partial charge in [0.25, 0.3) is 0 Å². The van der Waals surface area contributed by atoms with Gasteiger partial charge in [-0.05, 0) is 13.3 Å². The number of aryl methyl sites for hydroxylation is 1. The van der Waals surface area contributed by atoms with E-state index >= 15 is 0 Å². The lowest BCUT2D eigenvalue weighted by molar-refractivity contribution is -0.135. The molecule has 2 heterocycles. The number of aromatic nitrogens is 3. The summed E-state index contributed by atoms with van der Waals surface area (Å²) in [6.45, 7) is 4.27. The van der Waals surface area contributed by atoms with E-state index in [1.165, 1.54) is 6.33 Å². The molecule has 2 rings (SSSR count). The summed E-state index contributed by atoms with van der Waals surface area (Å²) in [5.74, 6) is 0.618. The van der Waals surface area contributed by atoms with Gasteiger partial charge in [-0.25, -0.2) is 4.98 Å². The number of nitrogens with zero attached hydrogens (tertiary/aromatic N) is 4. The highest BCUT2D eigenvalue weighted by Crippen LogP contribution is 2.16. The molecule has 2 unspecified atom stereocenters. The second-order valence-corrected chi connectivity index (χ2v) is 5.23. The van der Waals surface area contributed by atoms with E-state index in [1.54, 1.807) is 16.6 Å². The molecule has 7 nitrogen and oxygen atoms in total. The summed E-state index contributed by atoms with van der Waals surface area (Å²) in [5.41, 5.74) is 0. The maximum Gasteiger partial charge on any atom is 0.245 e.